The van der Waals surface area contributed by atoms with Gasteiger partial charge in [-0.25, -0.2) is 0 Å². The molecule has 0 aliphatic carbocycles. The van der Waals surface area contributed by atoms with Crippen LogP contribution in [0.25, 0.3) is 20.9 Å². The van der Waals surface area contributed by atoms with Crippen LogP contribution in [0.5, 0.6) is 0 Å². The Morgan fingerprint density at radius 2 is 1.74 bits per heavy atom. The number of hydrogen-bond acceptors (Lipinski definition) is 4. The van der Waals surface area contributed by atoms with E-state index in [9.17, 15) is 4.79 Å². The number of amides is 1. The molecule has 2 atom stereocenters. The molecule has 2 aromatic carbocycles. The monoisotopic (exact) mass is 362 g/mol. The zero-order valence-corrected chi connectivity index (χ0v) is 14.9. The molecule has 1 N–H and O–H groups in total. The minimum atomic E-state index is -0.0650. The molecule has 0 fully saturated rings. The zero-order chi connectivity index (χ0) is 19.4. The number of nitrogens with zero attached hydrogens (tertiary/aromatic N) is 7. The lowest BCUT2D eigenvalue weighted by Gasteiger charge is -2.39. The molecule has 1 amide bonds. The van der Waals surface area contributed by atoms with Crippen molar-refractivity contribution in [1.29, 1.82) is 0 Å². The summed E-state index contributed by atoms with van der Waals surface area (Å²) in [4.78, 5) is 19.5. The number of azide groups is 2. The first-order chi connectivity index (χ1) is 13.0. The molecular formula is C18H18N8O. The molecule has 0 saturated carbocycles. The van der Waals surface area contributed by atoms with Crippen LogP contribution < -0.4 is 10.2 Å². The van der Waals surface area contributed by atoms with E-state index in [4.69, 9.17) is 11.1 Å². The Morgan fingerprint density at radius 1 is 1.11 bits per heavy atom. The van der Waals surface area contributed by atoms with Crippen molar-refractivity contribution >= 4 is 28.7 Å². The van der Waals surface area contributed by atoms with Crippen molar-refractivity contribution in [3.63, 3.8) is 0 Å². The van der Waals surface area contributed by atoms with Gasteiger partial charge in [-0.15, -0.1) is 0 Å². The Kier molecular flexibility index (Phi) is 5.17. The van der Waals surface area contributed by atoms with Gasteiger partial charge in [-0.05, 0) is 54.2 Å². The van der Waals surface area contributed by atoms with Gasteiger partial charge in [-0.2, -0.15) is 0 Å². The maximum Gasteiger partial charge on any atom is 0.224 e. The third-order valence-corrected chi connectivity index (χ3v) is 4.53. The Hall–Kier alpha value is -3.67. The van der Waals surface area contributed by atoms with E-state index >= 15 is 0 Å². The van der Waals surface area contributed by atoms with Crippen LogP contribution in [0.1, 0.15) is 31.9 Å². The summed E-state index contributed by atoms with van der Waals surface area (Å²) in [5.41, 5.74) is 20.8. The van der Waals surface area contributed by atoms with Crippen molar-refractivity contribution in [2.75, 3.05) is 10.2 Å². The minimum absolute atomic E-state index is 0.0141. The van der Waals surface area contributed by atoms with Crippen molar-refractivity contribution in [1.82, 2.24) is 0 Å². The maximum absolute atomic E-state index is 12.1. The number of anilines is 2. The van der Waals surface area contributed by atoms with Crippen LogP contribution in [0.3, 0.4) is 0 Å². The van der Waals surface area contributed by atoms with Gasteiger partial charge in [-0.3, -0.25) is 4.79 Å². The lowest BCUT2D eigenvalue weighted by Crippen LogP contribution is -2.43. The van der Waals surface area contributed by atoms with E-state index in [-0.39, 0.29) is 18.0 Å². The van der Waals surface area contributed by atoms with Crippen LogP contribution in [0.15, 0.2) is 52.7 Å². The maximum atomic E-state index is 12.1. The first-order valence-electron chi connectivity index (χ1n) is 8.44. The van der Waals surface area contributed by atoms with Crippen molar-refractivity contribution < 1.29 is 4.79 Å². The topological polar surface area (TPSA) is 130 Å². The molecule has 2 aromatic rings. The fourth-order valence-electron chi connectivity index (χ4n) is 3.46. The number of benzene rings is 2. The molecule has 0 spiro atoms. The van der Waals surface area contributed by atoms with E-state index in [1.54, 1.807) is 30.0 Å². The van der Waals surface area contributed by atoms with Crippen molar-refractivity contribution in [2.24, 2.45) is 10.2 Å². The van der Waals surface area contributed by atoms with Crippen LogP contribution in [-0.4, -0.2) is 11.9 Å². The van der Waals surface area contributed by atoms with Crippen LogP contribution in [0.4, 0.5) is 22.7 Å². The first kappa shape index (κ1) is 18.1. The second kappa shape index (κ2) is 7.70. The third-order valence-electron chi connectivity index (χ3n) is 4.53. The molecule has 0 unspecified atom stereocenters. The number of nitrogens with one attached hydrogen (secondary N) is 1. The van der Waals surface area contributed by atoms with Gasteiger partial charge in [0.25, 0.3) is 0 Å². The quantitative estimate of drug-likeness (QED) is 0.414. The Labute approximate surface area is 155 Å². The second-order valence-electron chi connectivity index (χ2n) is 6.34. The summed E-state index contributed by atoms with van der Waals surface area (Å²) in [6, 6.07) is 12.4. The Morgan fingerprint density at radius 3 is 2.37 bits per heavy atom. The van der Waals surface area contributed by atoms with Gasteiger partial charge in [0, 0.05) is 45.5 Å². The minimum Gasteiger partial charge on any atom is -0.378 e. The predicted molar refractivity (Wildman–Crippen MR) is 104 cm³/mol. The SMILES string of the molecule is CC(=O)N1c2ccc(N=[N+]=[N-])cc2[C@@H](Nc2ccc(N=[N+]=[N-])cc2)C[C@H]1C. The lowest BCUT2D eigenvalue weighted by atomic mass is 9.91. The van der Waals surface area contributed by atoms with Gasteiger partial charge in [0.2, 0.25) is 5.91 Å². The molecule has 3 rings (SSSR count). The number of carbonyl (C=O) groups excluding carboxylic acids is 1. The highest BCUT2D eigenvalue weighted by atomic mass is 16.2. The summed E-state index contributed by atoms with van der Waals surface area (Å²) in [6.45, 7) is 3.55. The van der Waals surface area contributed by atoms with Crippen molar-refractivity contribution in [2.45, 2.75) is 32.4 Å². The smallest absolute Gasteiger partial charge is 0.224 e. The molecule has 136 valence electrons. The van der Waals surface area contributed by atoms with Crippen LogP contribution in [-0.2, 0) is 4.79 Å². The highest BCUT2D eigenvalue weighted by Crippen LogP contribution is 2.41. The standard InChI is InChI=1S/C18H18N8O/c1-11-9-17(21-13-3-5-14(6-4-13)22-24-19)16-10-15(23-25-20)7-8-18(16)26(11)12(2)27/h3-8,10-11,17,21H,9H2,1-2H3/t11-,17+/m1/s1. The predicted octanol–water partition coefficient (Wildman–Crippen LogP) is 5.87. The second-order valence-corrected chi connectivity index (χ2v) is 6.34. The fourth-order valence-corrected chi connectivity index (χ4v) is 3.46. The molecule has 0 radical (unpaired) electrons. The van der Waals surface area contributed by atoms with Gasteiger partial charge >= 0.3 is 0 Å². The molecule has 0 aromatic heterocycles. The van der Waals surface area contributed by atoms with E-state index in [0.29, 0.717) is 17.8 Å². The first-order valence-corrected chi connectivity index (χ1v) is 8.44. The molecule has 1 heterocycles. The van der Waals surface area contributed by atoms with Crippen LogP contribution >= 0.6 is 0 Å². The fraction of sp³-hybridized carbons (Fsp3) is 0.278. The van der Waals surface area contributed by atoms with Gasteiger partial charge in [-0.1, -0.05) is 28.4 Å². The summed E-state index contributed by atoms with van der Waals surface area (Å²) in [5.74, 6) is -0.0301. The molecule has 1 aliphatic heterocycles. The molecule has 0 saturated heterocycles. The van der Waals surface area contributed by atoms with Gasteiger partial charge in [0.15, 0.2) is 0 Å². The molecular weight excluding hydrogens is 344 g/mol. The number of rotatable bonds is 4. The van der Waals surface area contributed by atoms with Crippen LogP contribution in [0, 0.1) is 0 Å². The van der Waals surface area contributed by atoms with E-state index in [0.717, 1.165) is 16.9 Å². The normalized spacial score (nSPS) is 17.9. The number of hydrogen-bond donors (Lipinski definition) is 1. The Balaban J connectivity index is 1.99. The van der Waals surface area contributed by atoms with Crippen molar-refractivity contribution in [3.05, 3.63) is 68.9 Å². The summed E-state index contributed by atoms with van der Waals surface area (Å²) in [6.07, 6.45) is 0.699. The molecule has 0 bridgehead atoms. The van der Waals surface area contributed by atoms with Gasteiger partial charge < -0.3 is 10.2 Å². The van der Waals surface area contributed by atoms with E-state index < -0.39 is 0 Å². The highest BCUT2D eigenvalue weighted by Gasteiger charge is 2.32. The van der Waals surface area contributed by atoms with Gasteiger partial charge in [0.1, 0.15) is 0 Å². The Bertz CT molecular complexity index is 958. The number of fused-ring (bicyclic) bond motifs is 1. The van der Waals surface area contributed by atoms with Gasteiger partial charge in [0.05, 0.1) is 6.04 Å². The van der Waals surface area contributed by atoms with E-state index in [2.05, 4.69) is 25.4 Å². The highest BCUT2D eigenvalue weighted by molar-refractivity contribution is 5.94. The van der Waals surface area contributed by atoms with E-state index in [1.807, 2.05) is 31.2 Å². The molecule has 1 aliphatic rings. The molecule has 9 heteroatoms. The summed E-state index contributed by atoms with van der Waals surface area (Å²) < 4.78 is 0. The zero-order valence-electron chi connectivity index (χ0n) is 14.9. The average Bonchev–Trinajstić information content (AvgIpc) is 2.64. The largest absolute Gasteiger partial charge is 0.378 e. The summed E-state index contributed by atoms with van der Waals surface area (Å²) in [7, 11) is 0. The number of carbonyl (C=O) groups is 1. The summed E-state index contributed by atoms with van der Waals surface area (Å²) in [5, 5.41) is 10.7. The summed E-state index contributed by atoms with van der Waals surface area (Å²) >= 11 is 0. The lowest BCUT2D eigenvalue weighted by molar-refractivity contribution is -0.117. The molecule has 27 heavy (non-hydrogen) atoms. The molecule has 9 nitrogen and oxygen atoms in total. The average molecular weight is 362 g/mol. The van der Waals surface area contributed by atoms with E-state index in [1.165, 1.54) is 0 Å². The van der Waals surface area contributed by atoms with Crippen molar-refractivity contribution in [3.8, 4) is 0 Å². The van der Waals surface area contributed by atoms with Crippen LogP contribution in [0.2, 0.25) is 0 Å². The third kappa shape index (κ3) is 3.79.